The van der Waals surface area contributed by atoms with Gasteiger partial charge in [0.2, 0.25) is 0 Å². The number of carboxylic acid groups (broad SMARTS) is 1. The second-order valence-electron chi connectivity index (χ2n) is 6.58. The number of imidazole rings is 1. The molecule has 1 N–H and O–H groups in total. The Balaban J connectivity index is 1.67. The van der Waals surface area contributed by atoms with Crippen molar-refractivity contribution in [3.05, 3.63) is 59.0 Å². The molecule has 6 heteroatoms. The molecule has 2 aromatic carbocycles. The molecular formula is C21H20N2O2S2. The summed E-state index contributed by atoms with van der Waals surface area (Å²) in [4.78, 5) is 15.5. The molecule has 0 amide bonds. The van der Waals surface area contributed by atoms with Gasteiger partial charge in [-0.1, -0.05) is 41.6 Å². The van der Waals surface area contributed by atoms with Crippen LogP contribution in [0.4, 0.5) is 0 Å². The van der Waals surface area contributed by atoms with Crippen LogP contribution in [0.2, 0.25) is 0 Å². The highest BCUT2D eigenvalue weighted by atomic mass is 32.2. The van der Waals surface area contributed by atoms with Gasteiger partial charge in [0.15, 0.2) is 5.16 Å². The Morgan fingerprint density at radius 3 is 2.96 bits per heavy atom. The molecule has 4 aromatic rings. The summed E-state index contributed by atoms with van der Waals surface area (Å²) in [6.07, 6.45) is 0.839. The van der Waals surface area contributed by atoms with E-state index in [9.17, 15) is 4.79 Å². The molecule has 0 saturated carbocycles. The molecule has 0 unspecified atom stereocenters. The number of carboxylic acids is 1. The van der Waals surface area contributed by atoms with Crippen LogP contribution in [0.15, 0.2) is 53.0 Å². The molecule has 2 aromatic heterocycles. The van der Waals surface area contributed by atoms with Crippen LogP contribution in [0, 0.1) is 6.92 Å². The number of hydrogen-bond acceptors (Lipinski definition) is 4. The lowest BCUT2D eigenvalue weighted by Crippen LogP contribution is -2.02. The monoisotopic (exact) mass is 396 g/mol. The highest BCUT2D eigenvalue weighted by molar-refractivity contribution is 7.99. The zero-order valence-corrected chi connectivity index (χ0v) is 16.6. The van der Waals surface area contributed by atoms with Gasteiger partial charge in [-0.05, 0) is 47.9 Å². The number of aliphatic carboxylic acids is 1. The number of hydrogen-bond donors (Lipinski definition) is 1. The maximum Gasteiger partial charge on any atom is 0.303 e. The van der Waals surface area contributed by atoms with E-state index in [1.54, 1.807) is 23.1 Å². The molecule has 0 radical (unpaired) electrons. The summed E-state index contributed by atoms with van der Waals surface area (Å²) >= 11 is 3.41. The molecule has 0 saturated heterocycles. The number of thioether (sulfide) groups is 1. The number of rotatable bonds is 7. The summed E-state index contributed by atoms with van der Waals surface area (Å²) in [7, 11) is 0. The lowest BCUT2D eigenvalue weighted by molar-refractivity contribution is -0.137. The van der Waals surface area contributed by atoms with Crippen molar-refractivity contribution in [1.82, 2.24) is 9.55 Å². The Labute approximate surface area is 165 Å². The number of thiophene rings is 1. The van der Waals surface area contributed by atoms with Crippen LogP contribution in [0.5, 0.6) is 0 Å². The van der Waals surface area contributed by atoms with Crippen molar-refractivity contribution in [1.29, 1.82) is 0 Å². The average Bonchev–Trinajstić information content (AvgIpc) is 3.20. The number of benzene rings is 2. The average molecular weight is 397 g/mol. The van der Waals surface area contributed by atoms with Gasteiger partial charge in [-0.25, -0.2) is 4.98 Å². The van der Waals surface area contributed by atoms with E-state index in [4.69, 9.17) is 10.1 Å². The van der Waals surface area contributed by atoms with Gasteiger partial charge < -0.3 is 9.67 Å². The van der Waals surface area contributed by atoms with E-state index in [1.807, 2.05) is 18.2 Å². The molecular weight excluding hydrogens is 376 g/mol. The predicted octanol–water partition coefficient (Wildman–Crippen LogP) is 5.56. The van der Waals surface area contributed by atoms with Gasteiger partial charge in [0.1, 0.15) is 0 Å². The van der Waals surface area contributed by atoms with Crippen molar-refractivity contribution in [2.24, 2.45) is 0 Å². The fourth-order valence-corrected chi connectivity index (χ4v) is 5.08. The van der Waals surface area contributed by atoms with E-state index in [-0.39, 0.29) is 6.42 Å². The lowest BCUT2D eigenvalue weighted by atomic mass is 10.1. The number of aromatic nitrogens is 2. The lowest BCUT2D eigenvalue weighted by Gasteiger charge is -2.09. The maximum absolute atomic E-state index is 10.8. The second kappa shape index (κ2) is 7.74. The summed E-state index contributed by atoms with van der Waals surface area (Å²) < 4.78 is 3.56. The molecule has 138 valence electrons. The van der Waals surface area contributed by atoms with Crippen molar-refractivity contribution >= 4 is 50.2 Å². The largest absolute Gasteiger partial charge is 0.481 e. The number of nitrogens with zero attached hydrogens (tertiary/aromatic N) is 2. The van der Waals surface area contributed by atoms with Gasteiger partial charge in [0.05, 0.1) is 17.6 Å². The minimum Gasteiger partial charge on any atom is -0.481 e. The Bertz CT molecular complexity index is 1110. The van der Waals surface area contributed by atoms with E-state index < -0.39 is 5.97 Å². The Hall–Kier alpha value is -2.31. The first-order chi connectivity index (χ1) is 13.1. The molecule has 0 spiro atoms. The van der Waals surface area contributed by atoms with Crippen LogP contribution in [-0.4, -0.2) is 26.4 Å². The van der Waals surface area contributed by atoms with Gasteiger partial charge >= 0.3 is 5.97 Å². The summed E-state index contributed by atoms with van der Waals surface area (Å²) in [6, 6.07) is 14.8. The standard InChI is InChI=1S/C21H20N2O2S2/c1-14-8-9-19-16(11-14)15(13-27-19)12-23-18-6-3-2-5-17(18)22-21(23)26-10-4-7-20(24)25/h2-3,5-6,8-9,11,13H,4,7,10,12H2,1H3,(H,24,25). The third-order valence-corrected chi connectivity index (χ3v) is 6.60. The van der Waals surface area contributed by atoms with Crippen molar-refractivity contribution in [2.45, 2.75) is 31.5 Å². The predicted molar refractivity (Wildman–Crippen MR) is 113 cm³/mol. The smallest absolute Gasteiger partial charge is 0.303 e. The van der Waals surface area contributed by atoms with E-state index in [2.05, 4.69) is 41.1 Å². The van der Waals surface area contributed by atoms with Gasteiger partial charge in [-0.15, -0.1) is 11.3 Å². The van der Waals surface area contributed by atoms with Crippen molar-refractivity contribution < 1.29 is 9.90 Å². The number of carbonyl (C=O) groups is 1. The Morgan fingerprint density at radius 1 is 1.26 bits per heavy atom. The molecule has 0 bridgehead atoms. The summed E-state index contributed by atoms with van der Waals surface area (Å²) in [5.41, 5.74) is 4.66. The van der Waals surface area contributed by atoms with E-state index >= 15 is 0 Å². The topological polar surface area (TPSA) is 55.1 Å². The number of para-hydroxylation sites is 2. The van der Waals surface area contributed by atoms with Gasteiger partial charge in [-0.3, -0.25) is 4.79 Å². The normalized spacial score (nSPS) is 11.4. The van der Waals surface area contributed by atoms with Crippen molar-refractivity contribution in [2.75, 3.05) is 5.75 Å². The molecule has 0 fully saturated rings. The van der Waals surface area contributed by atoms with Crippen LogP contribution < -0.4 is 0 Å². The van der Waals surface area contributed by atoms with Gasteiger partial charge in [0.25, 0.3) is 0 Å². The van der Waals surface area contributed by atoms with Crippen LogP contribution in [0.25, 0.3) is 21.1 Å². The molecule has 2 heterocycles. The van der Waals surface area contributed by atoms with Gasteiger partial charge in [-0.2, -0.15) is 0 Å². The quantitative estimate of drug-likeness (QED) is 0.328. The highest BCUT2D eigenvalue weighted by Gasteiger charge is 2.14. The fourth-order valence-electron chi connectivity index (χ4n) is 3.19. The maximum atomic E-state index is 10.8. The third kappa shape index (κ3) is 3.87. The molecule has 4 nitrogen and oxygen atoms in total. The second-order valence-corrected chi connectivity index (χ2v) is 8.55. The minimum absolute atomic E-state index is 0.196. The summed E-state index contributed by atoms with van der Waals surface area (Å²) in [6.45, 7) is 2.89. The first kappa shape index (κ1) is 18.1. The van der Waals surface area contributed by atoms with Crippen molar-refractivity contribution in [3.63, 3.8) is 0 Å². The van der Waals surface area contributed by atoms with Gasteiger partial charge in [0, 0.05) is 16.9 Å². The first-order valence-electron chi connectivity index (χ1n) is 8.88. The highest BCUT2D eigenvalue weighted by Crippen LogP contribution is 2.31. The SMILES string of the molecule is Cc1ccc2scc(Cn3c(SCCCC(=O)O)nc4ccccc43)c2c1. The molecule has 0 atom stereocenters. The summed E-state index contributed by atoms with van der Waals surface area (Å²) in [5, 5.41) is 13.3. The van der Waals surface area contributed by atoms with Crippen LogP contribution in [0.3, 0.4) is 0 Å². The number of fused-ring (bicyclic) bond motifs is 2. The Morgan fingerprint density at radius 2 is 2.11 bits per heavy atom. The van der Waals surface area contributed by atoms with E-state index in [0.717, 1.165) is 28.5 Å². The molecule has 4 rings (SSSR count). The summed E-state index contributed by atoms with van der Waals surface area (Å²) in [5.74, 6) is 0.00303. The molecule has 0 aliphatic rings. The third-order valence-electron chi connectivity index (χ3n) is 4.52. The first-order valence-corrected chi connectivity index (χ1v) is 10.7. The zero-order chi connectivity index (χ0) is 18.8. The molecule has 0 aliphatic heterocycles. The van der Waals surface area contributed by atoms with Crippen LogP contribution >= 0.6 is 23.1 Å². The van der Waals surface area contributed by atoms with Crippen LogP contribution in [0.1, 0.15) is 24.0 Å². The van der Waals surface area contributed by atoms with Crippen LogP contribution in [-0.2, 0) is 11.3 Å². The minimum atomic E-state index is -0.746. The van der Waals surface area contributed by atoms with Crippen molar-refractivity contribution in [3.8, 4) is 0 Å². The zero-order valence-electron chi connectivity index (χ0n) is 15.0. The van der Waals surface area contributed by atoms with E-state index in [0.29, 0.717) is 6.42 Å². The number of aryl methyl sites for hydroxylation is 1. The fraction of sp³-hybridized carbons (Fsp3) is 0.238. The molecule has 0 aliphatic carbocycles. The van der Waals surface area contributed by atoms with E-state index in [1.165, 1.54) is 21.2 Å². The Kier molecular flexibility index (Phi) is 5.18. The molecule has 27 heavy (non-hydrogen) atoms.